The maximum atomic E-state index is 14.8. The van der Waals surface area contributed by atoms with Crippen molar-refractivity contribution in [2.24, 2.45) is 0 Å². The number of hydrogen-bond donors (Lipinski definition) is 0. The van der Waals surface area contributed by atoms with Gasteiger partial charge in [0.2, 0.25) is 0 Å². The number of ether oxygens (including phenoxy) is 1. The van der Waals surface area contributed by atoms with Crippen molar-refractivity contribution in [1.29, 1.82) is 0 Å². The van der Waals surface area contributed by atoms with E-state index in [1.807, 2.05) is 66.7 Å². The van der Waals surface area contributed by atoms with Crippen molar-refractivity contribution < 1.29 is 9.30 Å². The first-order valence-corrected chi connectivity index (χ1v) is 14.7. The number of piperidine rings is 1. The second-order valence-electron chi connectivity index (χ2n) is 9.66. The summed E-state index contributed by atoms with van der Waals surface area (Å²) in [5.74, 6) is 0. The van der Waals surface area contributed by atoms with E-state index in [1.165, 1.54) is 11.1 Å². The predicted molar refractivity (Wildman–Crippen MR) is 150 cm³/mol. The molecule has 1 aliphatic heterocycles. The zero-order valence-electron chi connectivity index (χ0n) is 20.7. The molecule has 0 aliphatic carbocycles. The third kappa shape index (κ3) is 6.05. The van der Waals surface area contributed by atoms with E-state index in [0.29, 0.717) is 12.8 Å². The molecule has 36 heavy (non-hydrogen) atoms. The summed E-state index contributed by atoms with van der Waals surface area (Å²) < 4.78 is 21.2. The molecule has 0 aromatic heterocycles. The first kappa shape index (κ1) is 24.7. The van der Waals surface area contributed by atoms with E-state index in [9.17, 15) is 4.57 Å². The van der Waals surface area contributed by atoms with Crippen molar-refractivity contribution in [2.75, 3.05) is 12.7 Å². The van der Waals surface area contributed by atoms with Gasteiger partial charge in [0.15, 0.2) is 0 Å². The maximum absolute atomic E-state index is 14.8. The minimum atomic E-state index is -2.80. The second-order valence-corrected chi connectivity index (χ2v) is 12.5. The van der Waals surface area contributed by atoms with Crippen LogP contribution in [-0.2, 0) is 22.5 Å². The Balaban J connectivity index is 1.39. The highest BCUT2D eigenvalue weighted by atomic mass is 31.2. The topological polar surface area (TPSA) is 29.5 Å². The third-order valence-corrected chi connectivity index (χ3v) is 10.3. The molecule has 1 saturated heterocycles. The van der Waals surface area contributed by atoms with E-state index in [4.69, 9.17) is 4.74 Å². The summed E-state index contributed by atoms with van der Waals surface area (Å²) in [6.07, 6.45) is 2.75. The SMILES string of the molecule is O=P(C[C@@H]1CC[C@H](OCc2ccccc2)CN1Cc1ccccc1)(c1ccccc1)c1ccccc1. The van der Waals surface area contributed by atoms with Crippen LogP contribution < -0.4 is 10.6 Å². The Bertz CT molecular complexity index is 1210. The van der Waals surface area contributed by atoms with Crippen LogP contribution in [0.4, 0.5) is 0 Å². The van der Waals surface area contributed by atoms with Crippen molar-refractivity contribution in [2.45, 2.75) is 38.1 Å². The molecule has 1 aliphatic rings. The molecule has 4 heteroatoms. The Kier molecular flexibility index (Phi) is 8.13. The summed E-state index contributed by atoms with van der Waals surface area (Å²) in [5.41, 5.74) is 2.48. The standard InChI is InChI=1S/C32H34NO2P/c34-36(31-17-9-3-10-18-31,32-19-11-4-12-20-32)26-29-21-22-30(35-25-28-15-7-2-8-16-28)24-33(29)23-27-13-5-1-6-14-27/h1-20,29-30H,21-26H2/t29-,30-/m0/s1. The van der Waals surface area contributed by atoms with E-state index in [2.05, 4.69) is 59.5 Å². The lowest BCUT2D eigenvalue weighted by Crippen LogP contribution is -2.48. The smallest absolute Gasteiger partial charge is 0.144 e. The first-order chi connectivity index (χ1) is 17.7. The molecule has 0 bridgehead atoms. The molecule has 1 heterocycles. The van der Waals surface area contributed by atoms with E-state index in [0.717, 1.165) is 36.5 Å². The molecule has 0 amide bonds. The van der Waals surface area contributed by atoms with E-state index >= 15 is 0 Å². The number of hydrogen-bond acceptors (Lipinski definition) is 3. The van der Waals surface area contributed by atoms with Crippen LogP contribution in [0.25, 0.3) is 0 Å². The normalized spacial score (nSPS) is 18.7. The lowest BCUT2D eigenvalue weighted by molar-refractivity contribution is -0.0275. The number of likely N-dealkylation sites (tertiary alicyclic amines) is 1. The Labute approximate surface area is 215 Å². The fraction of sp³-hybridized carbons (Fsp3) is 0.250. The molecular weight excluding hydrogens is 461 g/mol. The molecule has 2 atom stereocenters. The molecular formula is C32H34NO2P. The van der Waals surface area contributed by atoms with Crippen LogP contribution in [0.1, 0.15) is 24.0 Å². The minimum absolute atomic E-state index is 0.165. The summed E-state index contributed by atoms with van der Waals surface area (Å²) in [4.78, 5) is 2.51. The van der Waals surface area contributed by atoms with E-state index in [-0.39, 0.29) is 12.1 Å². The first-order valence-electron chi connectivity index (χ1n) is 12.8. The van der Waals surface area contributed by atoms with Gasteiger partial charge < -0.3 is 9.30 Å². The third-order valence-electron chi connectivity index (χ3n) is 7.15. The van der Waals surface area contributed by atoms with Crippen LogP contribution in [0.2, 0.25) is 0 Å². The highest BCUT2D eigenvalue weighted by Crippen LogP contribution is 2.46. The molecule has 3 nitrogen and oxygen atoms in total. The quantitative estimate of drug-likeness (QED) is 0.257. The number of rotatable bonds is 9. The van der Waals surface area contributed by atoms with Gasteiger partial charge in [-0.05, 0) is 24.0 Å². The fourth-order valence-corrected chi connectivity index (χ4v) is 8.23. The van der Waals surface area contributed by atoms with Crippen LogP contribution in [0.15, 0.2) is 121 Å². The lowest BCUT2D eigenvalue weighted by atomic mass is 10.00. The van der Waals surface area contributed by atoms with Crippen LogP contribution in [0.3, 0.4) is 0 Å². The van der Waals surface area contributed by atoms with Crippen molar-refractivity contribution in [3.05, 3.63) is 132 Å². The van der Waals surface area contributed by atoms with Gasteiger partial charge in [0, 0.05) is 35.9 Å². The Morgan fingerprint density at radius 2 is 1.17 bits per heavy atom. The Hall–Kier alpha value is -2.97. The molecule has 184 valence electrons. The van der Waals surface area contributed by atoms with Gasteiger partial charge in [-0.2, -0.15) is 0 Å². The second kappa shape index (κ2) is 11.8. The Morgan fingerprint density at radius 3 is 1.72 bits per heavy atom. The predicted octanol–water partition coefficient (Wildman–Crippen LogP) is 6.25. The molecule has 4 aromatic rings. The summed E-state index contributed by atoms with van der Waals surface area (Å²) in [6, 6.07) is 41.3. The largest absolute Gasteiger partial charge is 0.372 e. The van der Waals surface area contributed by atoms with Gasteiger partial charge in [0.25, 0.3) is 0 Å². The van der Waals surface area contributed by atoms with Gasteiger partial charge in [-0.15, -0.1) is 0 Å². The van der Waals surface area contributed by atoms with Crippen molar-refractivity contribution in [3.63, 3.8) is 0 Å². The van der Waals surface area contributed by atoms with Crippen LogP contribution in [0.5, 0.6) is 0 Å². The van der Waals surface area contributed by atoms with E-state index < -0.39 is 7.14 Å². The summed E-state index contributed by atoms with van der Waals surface area (Å²) in [7, 11) is -2.80. The molecule has 0 radical (unpaired) electrons. The lowest BCUT2D eigenvalue weighted by Gasteiger charge is -2.41. The Morgan fingerprint density at radius 1 is 0.667 bits per heavy atom. The molecule has 0 spiro atoms. The summed E-state index contributed by atoms with van der Waals surface area (Å²) in [5, 5.41) is 1.89. The highest BCUT2D eigenvalue weighted by Gasteiger charge is 2.36. The van der Waals surface area contributed by atoms with E-state index in [1.54, 1.807) is 0 Å². The van der Waals surface area contributed by atoms with Crippen LogP contribution in [-0.4, -0.2) is 29.8 Å². The van der Waals surface area contributed by atoms with Gasteiger partial charge in [-0.25, -0.2) is 0 Å². The van der Waals surface area contributed by atoms with Crippen LogP contribution >= 0.6 is 7.14 Å². The van der Waals surface area contributed by atoms with Gasteiger partial charge >= 0.3 is 0 Å². The molecule has 4 aromatic carbocycles. The fourth-order valence-electron chi connectivity index (χ4n) is 5.20. The molecule has 0 saturated carbocycles. The average Bonchev–Trinajstić information content (AvgIpc) is 2.95. The maximum Gasteiger partial charge on any atom is 0.144 e. The van der Waals surface area contributed by atoms with Crippen LogP contribution in [0, 0.1) is 0 Å². The zero-order chi connectivity index (χ0) is 24.6. The molecule has 5 rings (SSSR count). The number of benzene rings is 4. The van der Waals surface area contributed by atoms with Crippen molar-refractivity contribution in [1.82, 2.24) is 4.90 Å². The number of nitrogens with zero attached hydrogens (tertiary/aromatic N) is 1. The van der Waals surface area contributed by atoms with Gasteiger partial charge in [0.1, 0.15) is 7.14 Å². The summed E-state index contributed by atoms with van der Waals surface area (Å²) in [6.45, 7) is 2.30. The highest BCUT2D eigenvalue weighted by molar-refractivity contribution is 7.78. The minimum Gasteiger partial charge on any atom is -0.372 e. The van der Waals surface area contributed by atoms with Gasteiger partial charge in [-0.1, -0.05) is 121 Å². The van der Waals surface area contributed by atoms with Gasteiger partial charge in [-0.3, -0.25) is 4.90 Å². The molecule has 0 N–H and O–H groups in total. The van der Waals surface area contributed by atoms with Crippen molar-refractivity contribution in [3.8, 4) is 0 Å². The monoisotopic (exact) mass is 495 g/mol. The molecule has 1 fully saturated rings. The zero-order valence-corrected chi connectivity index (χ0v) is 21.5. The van der Waals surface area contributed by atoms with Crippen molar-refractivity contribution >= 4 is 17.8 Å². The van der Waals surface area contributed by atoms with Gasteiger partial charge in [0.05, 0.1) is 12.7 Å². The molecule has 0 unspecified atom stereocenters. The average molecular weight is 496 g/mol. The summed E-state index contributed by atoms with van der Waals surface area (Å²) >= 11 is 0.